The topological polar surface area (TPSA) is 135 Å². The van der Waals surface area contributed by atoms with E-state index < -0.39 is 4.92 Å². The minimum absolute atomic E-state index is 0.0147. The molecule has 138 valence electrons. The number of nitro benzene ring substituents is 1. The molecule has 0 saturated carbocycles. The number of nitrogens with one attached hydrogen (secondary N) is 1. The molecule has 0 radical (unpaired) electrons. The van der Waals surface area contributed by atoms with E-state index >= 15 is 0 Å². The van der Waals surface area contributed by atoms with E-state index in [0.29, 0.717) is 28.1 Å². The SMILES string of the molecule is CC(=O)Nc1ccc(-c2cc(-c3ccccc3[N+](=O)[O-])nc(N)c2C#N)cc1. The highest BCUT2D eigenvalue weighted by Crippen LogP contribution is 2.35. The van der Waals surface area contributed by atoms with Gasteiger partial charge in [-0.25, -0.2) is 4.98 Å². The molecule has 0 aliphatic heterocycles. The van der Waals surface area contributed by atoms with Gasteiger partial charge < -0.3 is 11.1 Å². The van der Waals surface area contributed by atoms with Crippen LogP contribution in [0.2, 0.25) is 0 Å². The number of nitrogen functional groups attached to an aromatic ring is 1. The summed E-state index contributed by atoms with van der Waals surface area (Å²) in [6.07, 6.45) is 0. The second-order valence-electron chi connectivity index (χ2n) is 5.96. The number of hydrogen-bond acceptors (Lipinski definition) is 6. The normalized spacial score (nSPS) is 10.1. The summed E-state index contributed by atoms with van der Waals surface area (Å²) in [7, 11) is 0. The minimum Gasteiger partial charge on any atom is -0.383 e. The van der Waals surface area contributed by atoms with Crippen molar-refractivity contribution in [3.05, 3.63) is 70.3 Å². The van der Waals surface area contributed by atoms with E-state index in [1.807, 2.05) is 6.07 Å². The molecular weight excluding hydrogens is 358 g/mol. The molecule has 1 aromatic heterocycles. The first-order valence-electron chi connectivity index (χ1n) is 8.23. The van der Waals surface area contributed by atoms with Crippen molar-refractivity contribution in [3.63, 3.8) is 0 Å². The van der Waals surface area contributed by atoms with E-state index in [9.17, 15) is 20.2 Å². The number of carbonyl (C=O) groups excluding carboxylic acids is 1. The van der Waals surface area contributed by atoms with Crippen LogP contribution in [0.15, 0.2) is 54.6 Å². The van der Waals surface area contributed by atoms with Crippen LogP contribution in [0.4, 0.5) is 17.2 Å². The molecule has 0 atom stereocenters. The molecule has 1 heterocycles. The Kier molecular flexibility index (Phi) is 5.00. The third-order valence-electron chi connectivity index (χ3n) is 4.05. The summed E-state index contributed by atoms with van der Waals surface area (Å²) in [5.41, 5.74) is 8.41. The van der Waals surface area contributed by atoms with Gasteiger partial charge >= 0.3 is 0 Å². The predicted octanol–water partition coefficient (Wildman–Crippen LogP) is 3.74. The first kappa shape index (κ1) is 18.5. The molecule has 0 bridgehead atoms. The number of nitro groups is 1. The van der Waals surface area contributed by atoms with E-state index in [0.717, 1.165) is 0 Å². The lowest BCUT2D eigenvalue weighted by atomic mass is 9.97. The third-order valence-corrected chi connectivity index (χ3v) is 4.05. The Labute approximate surface area is 160 Å². The number of nitrogens with two attached hydrogens (primary N) is 1. The maximum Gasteiger partial charge on any atom is 0.278 e. The van der Waals surface area contributed by atoms with E-state index in [2.05, 4.69) is 10.3 Å². The standard InChI is InChI=1S/C20H15N5O3/c1-12(26)23-14-8-6-13(7-9-14)16-10-18(24-20(22)17(16)11-21)15-4-2-3-5-19(15)25(27)28/h2-10H,1H3,(H2,22,24)(H,23,26). The van der Waals surface area contributed by atoms with Gasteiger partial charge in [0.1, 0.15) is 17.5 Å². The Morgan fingerprint density at radius 2 is 1.86 bits per heavy atom. The quantitative estimate of drug-likeness (QED) is 0.528. The molecule has 2 aromatic carbocycles. The molecule has 1 amide bonds. The van der Waals surface area contributed by atoms with Gasteiger partial charge in [0.05, 0.1) is 16.2 Å². The van der Waals surface area contributed by atoms with Crippen molar-refractivity contribution >= 4 is 23.1 Å². The molecule has 3 rings (SSSR count). The summed E-state index contributed by atoms with van der Waals surface area (Å²) < 4.78 is 0. The van der Waals surface area contributed by atoms with Crippen LogP contribution in [0, 0.1) is 21.4 Å². The lowest BCUT2D eigenvalue weighted by molar-refractivity contribution is -0.384. The molecule has 3 aromatic rings. The van der Waals surface area contributed by atoms with Gasteiger partial charge in [-0.05, 0) is 29.8 Å². The summed E-state index contributed by atoms with van der Waals surface area (Å²) in [5.74, 6) is -0.212. The average molecular weight is 373 g/mol. The van der Waals surface area contributed by atoms with Crippen LogP contribution in [0.3, 0.4) is 0 Å². The van der Waals surface area contributed by atoms with Gasteiger partial charge in [-0.2, -0.15) is 5.26 Å². The summed E-state index contributed by atoms with van der Waals surface area (Å²) in [6.45, 7) is 1.41. The number of para-hydroxylation sites is 1. The Bertz CT molecular complexity index is 1120. The number of amides is 1. The Balaban J connectivity index is 2.16. The van der Waals surface area contributed by atoms with Crippen molar-refractivity contribution in [3.8, 4) is 28.5 Å². The second kappa shape index (κ2) is 7.55. The molecule has 28 heavy (non-hydrogen) atoms. The molecule has 0 unspecified atom stereocenters. The number of aromatic nitrogens is 1. The molecule has 3 N–H and O–H groups in total. The lowest BCUT2D eigenvalue weighted by Gasteiger charge is -2.11. The Morgan fingerprint density at radius 3 is 2.46 bits per heavy atom. The molecule has 0 aliphatic rings. The lowest BCUT2D eigenvalue weighted by Crippen LogP contribution is -2.05. The number of carbonyl (C=O) groups is 1. The summed E-state index contributed by atoms with van der Waals surface area (Å²) in [5, 5.41) is 23.5. The monoisotopic (exact) mass is 373 g/mol. The maximum absolute atomic E-state index is 11.3. The number of nitrogens with zero attached hydrogens (tertiary/aromatic N) is 3. The third kappa shape index (κ3) is 3.64. The van der Waals surface area contributed by atoms with Crippen molar-refractivity contribution in [1.82, 2.24) is 4.98 Å². The van der Waals surface area contributed by atoms with Crippen LogP contribution in [0.1, 0.15) is 12.5 Å². The smallest absolute Gasteiger partial charge is 0.278 e. The van der Waals surface area contributed by atoms with Gasteiger partial charge in [-0.1, -0.05) is 24.3 Å². The van der Waals surface area contributed by atoms with Crippen molar-refractivity contribution in [2.45, 2.75) is 6.92 Å². The first-order valence-corrected chi connectivity index (χ1v) is 8.23. The van der Waals surface area contributed by atoms with Gasteiger partial charge in [0, 0.05) is 24.2 Å². The molecule has 0 fully saturated rings. The summed E-state index contributed by atoms with van der Waals surface area (Å²) in [6, 6.07) is 16.7. The van der Waals surface area contributed by atoms with E-state index in [-0.39, 0.29) is 23.0 Å². The van der Waals surface area contributed by atoms with Gasteiger partial charge in [0.2, 0.25) is 5.91 Å². The zero-order valence-corrected chi connectivity index (χ0v) is 14.8. The van der Waals surface area contributed by atoms with Gasteiger partial charge in [-0.3, -0.25) is 14.9 Å². The van der Waals surface area contributed by atoms with Crippen molar-refractivity contribution in [1.29, 1.82) is 5.26 Å². The molecule has 0 aliphatic carbocycles. The summed E-state index contributed by atoms with van der Waals surface area (Å²) >= 11 is 0. The molecule has 8 heteroatoms. The molecular formula is C20H15N5O3. The van der Waals surface area contributed by atoms with Crippen molar-refractivity contribution in [2.75, 3.05) is 11.1 Å². The fourth-order valence-electron chi connectivity index (χ4n) is 2.83. The first-order chi connectivity index (χ1) is 13.4. The Hall–Kier alpha value is -4.25. The van der Waals surface area contributed by atoms with Crippen LogP contribution in [-0.4, -0.2) is 15.8 Å². The number of hydrogen-bond donors (Lipinski definition) is 2. The van der Waals surface area contributed by atoms with Crippen LogP contribution in [0.25, 0.3) is 22.4 Å². The van der Waals surface area contributed by atoms with Crippen LogP contribution >= 0.6 is 0 Å². The number of benzene rings is 2. The highest BCUT2D eigenvalue weighted by molar-refractivity contribution is 5.89. The van der Waals surface area contributed by atoms with Crippen molar-refractivity contribution < 1.29 is 9.72 Å². The Morgan fingerprint density at radius 1 is 1.18 bits per heavy atom. The average Bonchev–Trinajstić information content (AvgIpc) is 2.67. The molecule has 0 saturated heterocycles. The van der Waals surface area contributed by atoms with Crippen molar-refractivity contribution in [2.24, 2.45) is 0 Å². The highest BCUT2D eigenvalue weighted by atomic mass is 16.6. The maximum atomic E-state index is 11.3. The summed E-state index contributed by atoms with van der Waals surface area (Å²) in [4.78, 5) is 26.2. The number of anilines is 2. The zero-order valence-electron chi connectivity index (χ0n) is 14.8. The van der Waals surface area contributed by atoms with Crippen LogP contribution in [-0.2, 0) is 4.79 Å². The molecule has 0 spiro atoms. The van der Waals surface area contributed by atoms with Gasteiger partial charge in [0.25, 0.3) is 5.69 Å². The zero-order chi connectivity index (χ0) is 20.3. The number of nitriles is 1. The predicted molar refractivity (Wildman–Crippen MR) is 105 cm³/mol. The van der Waals surface area contributed by atoms with Gasteiger partial charge in [-0.15, -0.1) is 0 Å². The molecule has 8 nitrogen and oxygen atoms in total. The second-order valence-corrected chi connectivity index (χ2v) is 5.96. The van der Waals surface area contributed by atoms with Crippen LogP contribution in [0.5, 0.6) is 0 Å². The largest absolute Gasteiger partial charge is 0.383 e. The van der Waals surface area contributed by atoms with E-state index in [1.54, 1.807) is 48.5 Å². The van der Waals surface area contributed by atoms with Crippen LogP contribution < -0.4 is 11.1 Å². The minimum atomic E-state index is -0.493. The number of rotatable bonds is 4. The number of pyridine rings is 1. The fourth-order valence-corrected chi connectivity index (χ4v) is 2.83. The van der Waals surface area contributed by atoms with E-state index in [1.165, 1.54) is 13.0 Å². The van der Waals surface area contributed by atoms with Gasteiger partial charge in [0.15, 0.2) is 0 Å². The fraction of sp³-hybridized carbons (Fsp3) is 0.0500. The van der Waals surface area contributed by atoms with E-state index in [4.69, 9.17) is 5.73 Å². The highest BCUT2D eigenvalue weighted by Gasteiger charge is 2.19.